The molecule has 0 atom stereocenters. The number of ether oxygens (including phenoxy) is 2. The summed E-state index contributed by atoms with van der Waals surface area (Å²) < 4.78 is 16.7. The highest BCUT2D eigenvalue weighted by atomic mass is 79.9. The van der Waals surface area contributed by atoms with Crippen molar-refractivity contribution in [2.75, 3.05) is 7.11 Å². The zero-order chi connectivity index (χ0) is 13.8. The first kappa shape index (κ1) is 13.9. The lowest BCUT2D eigenvalue weighted by Crippen LogP contribution is -1.99. The van der Waals surface area contributed by atoms with Crippen LogP contribution in [0.1, 0.15) is 31.5 Å². The zero-order valence-corrected chi connectivity index (χ0v) is 12.6. The first-order valence-corrected chi connectivity index (χ1v) is 6.68. The van der Waals surface area contributed by atoms with Gasteiger partial charge < -0.3 is 14.0 Å². The summed E-state index contributed by atoms with van der Waals surface area (Å²) in [4.78, 5) is 4.25. The first-order chi connectivity index (χ1) is 9.10. The molecule has 0 unspecified atom stereocenters. The Bertz CT molecular complexity index is 555. The number of halogens is 1. The third-order valence-electron chi connectivity index (χ3n) is 2.47. The molecule has 0 radical (unpaired) electrons. The Morgan fingerprint density at radius 1 is 1.37 bits per heavy atom. The molecule has 0 aliphatic heterocycles. The van der Waals surface area contributed by atoms with Crippen molar-refractivity contribution in [1.82, 2.24) is 10.1 Å². The minimum absolute atomic E-state index is 0.217. The predicted molar refractivity (Wildman–Crippen MR) is 73.4 cm³/mol. The number of hydrogen-bond donors (Lipinski definition) is 0. The molecule has 19 heavy (non-hydrogen) atoms. The minimum atomic E-state index is 0.217. The van der Waals surface area contributed by atoms with Gasteiger partial charge in [-0.1, -0.05) is 19.0 Å². The van der Waals surface area contributed by atoms with Crippen LogP contribution in [0, 0.1) is 0 Å². The molecule has 0 aliphatic carbocycles. The normalized spacial score (nSPS) is 10.8. The fourth-order valence-electron chi connectivity index (χ4n) is 1.43. The van der Waals surface area contributed by atoms with Crippen molar-refractivity contribution >= 4 is 15.9 Å². The molecule has 0 aliphatic rings. The second-order valence-corrected chi connectivity index (χ2v) is 5.14. The summed E-state index contributed by atoms with van der Waals surface area (Å²) in [5.74, 6) is 2.84. The molecule has 5 nitrogen and oxygen atoms in total. The van der Waals surface area contributed by atoms with E-state index in [0.29, 0.717) is 17.5 Å². The van der Waals surface area contributed by atoms with Gasteiger partial charge in [-0.05, 0) is 34.1 Å². The maximum absolute atomic E-state index is 5.63. The summed E-state index contributed by atoms with van der Waals surface area (Å²) in [6, 6.07) is 5.49. The lowest BCUT2D eigenvalue weighted by atomic mass is 10.2. The van der Waals surface area contributed by atoms with Gasteiger partial charge in [-0.15, -0.1) is 0 Å². The van der Waals surface area contributed by atoms with E-state index in [0.717, 1.165) is 10.2 Å². The third-order valence-corrected chi connectivity index (χ3v) is 3.09. The summed E-state index contributed by atoms with van der Waals surface area (Å²) in [7, 11) is 1.62. The van der Waals surface area contributed by atoms with Crippen LogP contribution in [0.5, 0.6) is 11.5 Å². The average Bonchev–Trinajstić information content (AvgIpc) is 2.86. The first-order valence-electron chi connectivity index (χ1n) is 5.89. The Balaban J connectivity index is 2.01. The van der Waals surface area contributed by atoms with Gasteiger partial charge in [0.25, 0.3) is 0 Å². The van der Waals surface area contributed by atoms with Gasteiger partial charge in [-0.3, -0.25) is 0 Å². The molecule has 2 aromatic rings. The molecule has 1 aromatic carbocycles. The molecular weight excluding hydrogens is 312 g/mol. The van der Waals surface area contributed by atoms with E-state index in [1.165, 1.54) is 0 Å². The fraction of sp³-hybridized carbons (Fsp3) is 0.385. The molecule has 0 bridgehead atoms. The zero-order valence-electron chi connectivity index (χ0n) is 11.0. The average molecular weight is 327 g/mol. The van der Waals surface area contributed by atoms with Gasteiger partial charge in [-0.2, -0.15) is 4.98 Å². The summed E-state index contributed by atoms with van der Waals surface area (Å²) in [6.45, 7) is 4.26. The van der Waals surface area contributed by atoms with Crippen molar-refractivity contribution in [3.63, 3.8) is 0 Å². The fourth-order valence-corrected chi connectivity index (χ4v) is 1.90. The lowest BCUT2D eigenvalue weighted by molar-refractivity contribution is 0.282. The van der Waals surface area contributed by atoms with Crippen molar-refractivity contribution in [3.8, 4) is 11.5 Å². The molecule has 0 saturated carbocycles. The smallest absolute Gasteiger partial charge is 0.229 e. The Kier molecular flexibility index (Phi) is 4.42. The minimum Gasteiger partial charge on any atom is -0.497 e. The summed E-state index contributed by atoms with van der Waals surface area (Å²) in [5, 5.41) is 3.86. The molecule has 0 N–H and O–H groups in total. The highest BCUT2D eigenvalue weighted by molar-refractivity contribution is 9.10. The maximum Gasteiger partial charge on any atom is 0.229 e. The van der Waals surface area contributed by atoms with E-state index in [4.69, 9.17) is 14.0 Å². The molecule has 102 valence electrons. The Hall–Kier alpha value is -1.56. The SMILES string of the molecule is COc1ccc(OCc2noc(C(C)C)n2)c(Br)c1. The van der Waals surface area contributed by atoms with E-state index in [1.807, 2.05) is 32.0 Å². The van der Waals surface area contributed by atoms with Crippen molar-refractivity contribution in [2.24, 2.45) is 0 Å². The van der Waals surface area contributed by atoms with Gasteiger partial charge in [0.2, 0.25) is 11.7 Å². The van der Waals surface area contributed by atoms with Crippen LogP contribution < -0.4 is 9.47 Å². The molecule has 6 heteroatoms. The molecule has 0 amide bonds. The standard InChI is InChI=1S/C13H15BrN2O3/c1-8(2)13-15-12(16-19-13)7-18-11-5-4-9(17-3)6-10(11)14/h4-6,8H,7H2,1-3H3. The maximum atomic E-state index is 5.63. The van der Waals surface area contributed by atoms with Crippen molar-refractivity contribution in [1.29, 1.82) is 0 Å². The molecule has 0 saturated heterocycles. The quantitative estimate of drug-likeness (QED) is 0.841. The van der Waals surface area contributed by atoms with Crippen molar-refractivity contribution < 1.29 is 14.0 Å². The lowest BCUT2D eigenvalue weighted by Gasteiger charge is -2.07. The van der Waals surface area contributed by atoms with E-state index >= 15 is 0 Å². The van der Waals surface area contributed by atoms with Gasteiger partial charge in [0.15, 0.2) is 6.61 Å². The van der Waals surface area contributed by atoms with Gasteiger partial charge in [0.05, 0.1) is 11.6 Å². The van der Waals surface area contributed by atoms with Crippen LogP contribution in [0.4, 0.5) is 0 Å². The third kappa shape index (κ3) is 3.47. The number of nitrogens with zero attached hydrogens (tertiary/aromatic N) is 2. The second kappa shape index (κ2) is 6.06. The molecular formula is C13H15BrN2O3. The van der Waals surface area contributed by atoms with E-state index in [9.17, 15) is 0 Å². The number of rotatable bonds is 5. The summed E-state index contributed by atoms with van der Waals surface area (Å²) in [6.07, 6.45) is 0. The molecule has 1 aromatic heterocycles. The van der Waals surface area contributed by atoms with Gasteiger partial charge >= 0.3 is 0 Å². The largest absolute Gasteiger partial charge is 0.497 e. The van der Waals surface area contributed by atoms with Crippen molar-refractivity contribution in [3.05, 3.63) is 34.4 Å². The van der Waals surface area contributed by atoms with E-state index in [1.54, 1.807) is 7.11 Å². The topological polar surface area (TPSA) is 57.4 Å². The van der Waals surface area contributed by atoms with Crippen LogP contribution in [-0.2, 0) is 6.61 Å². The molecule has 0 spiro atoms. The predicted octanol–water partition coefficient (Wildman–Crippen LogP) is 3.54. The molecule has 0 fully saturated rings. The van der Waals surface area contributed by atoms with E-state index in [2.05, 4.69) is 26.1 Å². The Morgan fingerprint density at radius 2 is 2.16 bits per heavy atom. The van der Waals surface area contributed by atoms with Gasteiger partial charge in [0.1, 0.15) is 11.5 Å². The highest BCUT2D eigenvalue weighted by Crippen LogP contribution is 2.29. The Labute approximate surface area is 120 Å². The number of aromatic nitrogens is 2. The van der Waals surface area contributed by atoms with Crippen molar-refractivity contribution in [2.45, 2.75) is 26.4 Å². The van der Waals surface area contributed by atoms with E-state index < -0.39 is 0 Å². The molecule has 2 rings (SSSR count). The summed E-state index contributed by atoms with van der Waals surface area (Å²) >= 11 is 3.42. The second-order valence-electron chi connectivity index (χ2n) is 4.29. The van der Waals surface area contributed by atoms with Crippen LogP contribution in [0.15, 0.2) is 27.2 Å². The molecule has 1 heterocycles. The van der Waals surface area contributed by atoms with E-state index in [-0.39, 0.29) is 12.5 Å². The number of benzene rings is 1. The van der Waals surface area contributed by atoms with Gasteiger partial charge in [-0.25, -0.2) is 0 Å². The summed E-state index contributed by atoms with van der Waals surface area (Å²) in [5.41, 5.74) is 0. The van der Waals surface area contributed by atoms with Crippen LogP contribution in [0.2, 0.25) is 0 Å². The van der Waals surface area contributed by atoms with Gasteiger partial charge in [0, 0.05) is 5.92 Å². The van der Waals surface area contributed by atoms with Crippen LogP contribution >= 0.6 is 15.9 Å². The Morgan fingerprint density at radius 3 is 2.74 bits per heavy atom. The number of methoxy groups -OCH3 is 1. The van der Waals surface area contributed by atoms with Crippen LogP contribution in [0.25, 0.3) is 0 Å². The van der Waals surface area contributed by atoms with Crippen LogP contribution in [0.3, 0.4) is 0 Å². The highest BCUT2D eigenvalue weighted by Gasteiger charge is 2.11. The monoisotopic (exact) mass is 326 g/mol. The number of hydrogen-bond acceptors (Lipinski definition) is 5. The van der Waals surface area contributed by atoms with Crippen LogP contribution in [-0.4, -0.2) is 17.3 Å².